The zero-order valence-corrected chi connectivity index (χ0v) is 16.6. The Morgan fingerprint density at radius 2 is 1.86 bits per heavy atom. The highest BCUT2D eigenvalue weighted by atomic mass is 16.6. The summed E-state index contributed by atoms with van der Waals surface area (Å²) in [6, 6.07) is 9.19. The number of para-hydroxylation sites is 1. The first-order valence-electron chi connectivity index (χ1n) is 9.16. The second kappa shape index (κ2) is 9.14. The van der Waals surface area contributed by atoms with Gasteiger partial charge in [0, 0.05) is 11.8 Å². The van der Waals surface area contributed by atoms with E-state index < -0.39 is 11.9 Å². The van der Waals surface area contributed by atoms with E-state index in [1.165, 1.54) is 13.2 Å². The molecule has 0 saturated carbocycles. The Kier molecular flexibility index (Phi) is 6.39. The van der Waals surface area contributed by atoms with Crippen LogP contribution >= 0.6 is 0 Å². The summed E-state index contributed by atoms with van der Waals surface area (Å²) in [4.78, 5) is 24.1. The Morgan fingerprint density at radius 3 is 2.59 bits per heavy atom. The molecule has 1 amide bonds. The van der Waals surface area contributed by atoms with Crippen LogP contribution in [0.1, 0.15) is 16.7 Å². The monoisotopic (exact) mass is 397 g/mol. The van der Waals surface area contributed by atoms with Crippen LogP contribution in [0.2, 0.25) is 0 Å². The number of rotatable bonds is 6. The molecule has 0 radical (unpaired) electrons. The molecule has 0 spiro atoms. The van der Waals surface area contributed by atoms with Crippen molar-refractivity contribution in [1.29, 1.82) is 0 Å². The Morgan fingerprint density at radius 1 is 1.14 bits per heavy atom. The van der Waals surface area contributed by atoms with Crippen LogP contribution in [0.15, 0.2) is 36.4 Å². The van der Waals surface area contributed by atoms with E-state index in [9.17, 15) is 9.59 Å². The number of hydrogen-bond donors (Lipinski definition) is 1. The lowest BCUT2D eigenvalue weighted by Gasteiger charge is -2.20. The fourth-order valence-corrected chi connectivity index (χ4v) is 2.93. The smallest absolute Gasteiger partial charge is 0.331 e. The maximum absolute atomic E-state index is 12.1. The second-order valence-corrected chi connectivity index (χ2v) is 6.50. The van der Waals surface area contributed by atoms with Crippen LogP contribution < -0.4 is 19.5 Å². The van der Waals surface area contributed by atoms with Gasteiger partial charge in [-0.05, 0) is 48.7 Å². The lowest BCUT2D eigenvalue weighted by molar-refractivity contribution is -0.142. The maximum Gasteiger partial charge on any atom is 0.331 e. The normalized spacial score (nSPS) is 12.5. The minimum Gasteiger partial charge on any atom is -0.493 e. The number of aryl methyl sites for hydroxylation is 2. The highest BCUT2D eigenvalue weighted by Crippen LogP contribution is 2.40. The number of methoxy groups -OCH3 is 1. The Bertz CT molecular complexity index is 913. The number of hydrogen-bond acceptors (Lipinski definition) is 6. The topological polar surface area (TPSA) is 83.1 Å². The summed E-state index contributed by atoms with van der Waals surface area (Å²) in [6.07, 6.45) is 2.81. The molecule has 2 aromatic rings. The first kappa shape index (κ1) is 20.3. The van der Waals surface area contributed by atoms with Crippen LogP contribution in [-0.2, 0) is 14.3 Å². The molecule has 7 nitrogen and oxygen atoms in total. The van der Waals surface area contributed by atoms with Gasteiger partial charge in [-0.2, -0.15) is 0 Å². The highest BCUT2D eigenvalue weighted by molar-refractivity contribution is 5.95. The fourth-order valence-electron chi connectivity index (χ4n) is 2.93. The van der Waals surface area contributed by atoms with Gasteiger partial charge in [0.05, 0.1) is 7.11 Å². The molecule has 29 heavy (non-hydrogen) atoms. The molecule has 2 aromatic carbocycles. The molecule has 0 saturated heterocycles. The highest BCUT2D eigenvalue weighted by Gasteiger charge is 2.18. The van der Waals surface area contributed by atoms with Gasteiger partial charge in [-0.1, -0.05) is 18.2 Å². The van der Waals surface area contributed by atoms with Gasteiger partial charge in [-0.3, -0.25) is 4.79 Å². The molecule has 0 atom stereocenters. The molecule has 3 rings (SSSR count). The molecule has 7 heteroatoms. The van der Waals surface area contributed by atoms with Gasteiger partial charge in [-0.15, -0.1) is 0 Å². The van der Waals surface area contributed by atoms with Crippen molar-refractivity contribution in [2.45, 2.75) is 13.8 Å². The number of anilines is 1. The molecule has 0 bridgehead atoms. The van der Waals surface area contributed by atoms with E-state index in [4.69, 9.17) is 18.9 Å². The van der Waals surface area contributed by atoms with Crippen LogP contribution in [0.25, 0.3) is 6.08 Å². The quantitative estimate of drug-likeness (QED) is 0.595. The van der Waals surface area contributed by atoms with Gasteiger partial charge in [0.15, 0.2) is 18.1 Å². The van der Waals surface area contributed by atoms with E-state index in [1.807, 2.05) is 32.0 Å². The molecule has 1 aliphatic heterocycles. The molecule has 0 unspecified atom stereocenters. The van der Waals surface area contributed by atoms with Gasteiger partial charge in [-0.25, -0.2) is 4.79 Å². The van der Waals surface area contributed by atoms with Crippen molar-refractivity contribution in [3.05, 3.63) is 53.1 Å². The standard InChI is InChI=1S/C22H23NO6/c1-14-5-4-6-15(2)21(14)23-19(24)13-29-20(25)8-7-16-11-17(26-3)22-18(12-16)27-9-10-28-22/h4-8,11-12H,9-10,13H2,1-3H3,(H,23,24)/b8-7+. The van der Waals surface area contributed by atoms with E-state index in [0.717, 1.165) is 16.8 Å². The van der Waals surface area contributed by atoms with Crippen molar-refractivity contribution in [1.82, 2.24) is 0 Å². The van der Waals surface area contributed by atoms with Gasteiger partial charge in [0.1, 0.15) is 13.2 Å². The number of carbonyl (C=O) groups excluding carboxylic acids is 2. The van der Waals surface area contributed by atoms with Crippen LogP contribution in [0.3, 0.4) is 0 Å². The van der Waals surface area contributed by atoms with E-state index in [-0.39, 0.29) is 6.61 Å². The van der Waals surface area contributed by atoms with Crippen molar-refractivity contribution in [3.63, 3.8) is 0 Å². The lowest BCUT2D eigenvalue weighted by atomic mass is 10.1. The van der Waals surface area contributed by atoms with Crippen molar-refractivity contribution in [2.24, 2.45) is 0 Å². The molecule has 1 N–H and O–H groups in total. The van der Waals surface area contributed by atoms with Crippen LogP contribution in [0.4, 0.5) is 5.69 Å². The zero-order valence-electron chi connectivity index (χ0n) is 16.6. The third kappa shape index (κ3) is 5.07. The van der Waals surface area contributed by atoms with Crippen LogP contribution in [0.5, 0.6) is 17.2 Å². The Hall–Kier alpha value is -3.48. The molecule has 0 fully saturated rings. The zero-order chi connectivity index (χ0) is 20.8. The average Bonchev–Trinajstić information content (AvgIpc) is 2.72. The summed E-state index contributed by atoms with van der Waals surface area (Å²) < 4.78 is 21.4. The average molecular weight is 397 g/mol. The summed E-state index contributed by atoms with van der Waals surface area (Å²) in [5.41, 5.74) is 3.30. The summed E-state index contributed by atoms with van der Waals surface area (Å²) >= 11 is 0. The number of ether oxygens (including phenoxy) is 4. The van der Waals surface area contributed by atoms with Gasteiger partial charge >= 0.3 is 5.97 Å². The first-order chi connectivity index (χ1) is 14.0. The van der Waals surface area contributed by atoms with E-state index in [0.29, 0.717) is 36.0 Å². The lowest BCUT2D eigenvalue weighted by Crippen LogP contribution is -2.21. The number of amides is 1. The molecular formula is C22H23NO6. The molecule has 0 aliphatic carbocycles. The van der Waals surface area contributed by atoms with Crippen LogP contribution in [0, 0.1) is 13.8 Å². The van der Waals surface area contributed by atoms with Crippen molar-refractivity contribution in [3.8, 4) is 17.2 Å². The molecule has 1 heterocycles. The first-order valence-corrected chi connectivity index (χ1v) is 9.16. The number of carbonyl (C=O) groups is 2. The SMILES string of the molecule is COc1cc(/C=C/C(=O)OCC(=O)Nc2c(C)cccc2C)cc2c1OCCO2. The minimum absolute atomic E-state index is 0.374. The minimum atomic E-state index is -0.629. The number of benzene rings is 2. The maximum atomic E-state index is 12.1. The summed E-state index contributed by atoms with van der Waals surface area (Å²) in [5, 5.41) is 2.77. The largest absolute Gasteiger partial charge is 0.493 e. The second-order valence-electron chi connectivity index (χ2n) is 6.50. The molecule has 152 valence electrons. The van der Waals surface area contributed by atoms with E-state index in [1.54, 1.807) is 18.2 Å². The van der Waals surface area contributed by atoms with Crippen molar-refractivity contribution >= 4 is 23.6 Å². The van der Waals surface area contributed by atoms with Crippen molar-refractivity contribution < 1.29 is 28.5 Å². The summed E-state index contributed by atoms with van der Waals surface area (Å²) in [7, 11) is 1.53. The Labute approximate surface area is 169 Å². The third-order valence-electron chi connectivity index (χ3n) is 4.35. The van der Waals surface area contributed by atoms with E-state index >= 15 is 0 Å². The Balaban J connectivity index is 1.58. The van der Waals surface area contributed by atoms with Gasteiger partial charge < -0.3 is 24.3 Å². The summed E-state index contributed by atoms with van der Waals surface area (Å²) in [5.74, 6) is 0.585. The molecule has 0 aromatic heterocycles. The molecular weight excluding hydrogens is 374 g/mol. The predicted molar refractivity (Wildman–Crippen MR) is 109 cm³/mol. The van der Waals surface area contributed by atoms with Gasteiger partial charge in [0.2, 0.25) is 5.75 Å². The number of esters is 1. The van der Waals surface area contributed by atoms with Crippen LogP contribution in [-0.4, -0.2) is 38.8 Å². The fraction of sp³-hybridized carbons (Fsp3) is 0.273. The third-order valence-corrected chi connectivity index (χ3v) is 4.35. The van der Waals surface area contributed by atoms with E-state index in [2.05, 4.69) is 5.32 Å². The summed E-state index contributed by atoms with van der Waals surface area (Å²) in [6.45, 7) is 4.33. The molecule has 1 aliphatic rings. The van der Waals surface area contributed by atoms with Crippen molar-refractivity contribution in [2.75, 3.05) is 32.2 Å². The number of nitrogens with one attached hydrogen (secondary N) is 1. The number of fused-ring (bicyclic) bond motifs is 1. The predicted octanol–water partition coefficient (Wildman–Crippen LogP) is 3.28. The van der Waals surface area contributed by atoms with Gasteiger partial charge in [0.25, 0.3) is 5.91 Å².